The van der Waals surface area contributed by atoms with Gasteiger partial charge in [0.2, 0.25) is 5.91 Å². The van der Waals surface area contributed by atoms with Gasteiger partial charge in [0.15, 0.2) is 16.5 Å². The summed E-state index contributed by atoms with van der Waals surface area (Å²) in [5, 5.41) is 9.55. The van der Waals surface area contributed by atoms with E-state index in [2.05, 4.69) is 10.3 Å². The fraction of sp³-hybridized carbons (Fsp3) is 0.267. The van der Waals surface area contributed by atoms with Crippen LogP contribution in [0.2, 0.25) is 0 Å². The Kier molecular flexibility index (Phi) is 7.70. The molecule has 0 spiro atoms. The summed E-state index contributed by atoms with van der Waals surface area (Å²) in [7, 11) is 3.19. The maximum absolute atomic E-state index is 13.8. The first-order valence-electron chi connectivity index (χ1n) is 12.9. The Morgan fingerprint density at radius 2 is 1.80 bits per heavy atom. The molecule has 40 heavy (non-hydrogen) atoms. The number of thiazole rings is 1. The van der Waals surface area contributed by atoms with Crippen LogP contribution in [0.1, 0.15) is 28.2 Å². The van der Waals surface area contributed by atoms with Gasteiger partial charge in [0.1, 0.15) is 5.69 Å². The van der Waals surface area contributed by atoms with E-state index in [1.807, 2.05) is 79.4 Å². The molecule has 0 saturated heterocycles. The highest BCUT2D eigenvalue weighted by atomic mass is 32.1. The van der Waals surface area contributed by atoms with Gasteiger partial charge in [-0.05, 0) is 62.6 Å². The minimum absolute atomic E-state index is 0.0622. The van der Waals surface area contributed by atoms with Crippen LogP contribution in [-0.2, 0) is 17.6 Å². The third kappa shape index (κ3) is 5.22. The Hall–Kier alpha value is -4.44. The summed E-state index contributed by atoms with van der Waals surface area (Å²) >= 11 is 1.34. The Bertz CT molecular complexity index is 1770. The van der Waals surface area contributed by atoms with E-state index in [9.17, 15) is 9.59 Å². The number of nitrogens with zero attached hydrogens (tertiary/aromatic N) is 4. The molecule has 0 aliphatic rings. The van der Waals surface area contributed by atoms with E-state index < -0.39 is 0 Å². The predicted octanol–water partition coefficient (Wildman–Crippen LogP) is 4.45. The molecular formula is C30H31N5O4S. The molecule has 5 rings (SSSR count). The molecule has 0 radical (unpaired) electrons. The minimum atomic E-state index is -0.230. The third-order valence-electron chi connectivity index (χ3n) is 6.83. The van der Waals surface area contributed by atoms with Crippen molar-refractivity contribution in [1.82, 2.24) is 24.5 Å². The molecule has 9 nitrogen and oxygen atoms in total. The van der Waals surface area contributed by atoms with E-state index in [0.29, 0.717) is 52.1 Å². The van der Waals surface area contributed by atoms with Crippen LogP contribution in [0, 0.1) is 20.8 Å². The van der Waals surface area contributed by atoms with Crippen molar-refractivity contribution < 1.29 is 14.3 Å². The molecule has 1 amide bonds. The molecule has 10 heteroatoms. The van der Waals surface area contributed by atoms with Crippen molar-refractivity contribution in [2.24, 2.45) is 0 Å². The minimum Gasteiger partial charge on any atom is -0.493 e. The van der Waals surface area contributed by atoms with Crippen molar-refractivity contribution in [3.05, 3.63) is 92.5 Å². The molecule has 5 aromatic rings. The number of rotatable bonds is 9. The van der Waals surface area contributed by atoms with Crippen molar-refractivity contribution in [2.45, 2.75) is 33.6 Å². The van der Waals surface area contributed by atoms with Gasteiger partial charge in [-0.3, -0.25) is 14.0 Å². The number of nitrogens with one attached hydrogen (secondary N) is 1. The van der Waals surface area contributed by atoms with Crippen molar-refractivity contribution in [3.8, 4) is 28.4 Å². The maximum atomic E-state index is 13.8. The lowest BCUT2D eigenvalue weighted by molar-refractivity contribution is -0.120. The van der Waals surface area contributed by atoms with Gasteiger partial charge in [0, 0.05) is 23.3 Å². The number of hydrogen-bond acceptors (Lipinski definition) is 7. The number of carbonyl (C=O) groups excluding carboxylic acids is 1. The second-order valence-corrected chi connectivity index (χ2v) is 10.4. The molecule has 0 fully saturated rings. The van der Waals surface area contributed by atoms with Gasteiger partial charge in [0.05, 0.1) is 37.6 Å². The number of benzene rings is 2. The number of hydrogen-bond donors (Lipinski definition) is 1. The fourth-order valence-corrected chi connectivity index (χ4v) is 5.70. The second-order valence-electron chi connectivity index (χ2n) is 9.56. The topological polar surface area (TPSA) is 99.7 Å². The molecule has 0 saturated carbocycles. The van der Waals surface area contributed by atoms with Crippen molar-refractivity contribution in [3.63, 3.8) is 0 Å². The molecule has 3 aromatic heterocycles. The van der Waals surface area contributed by atoms with Gasteiger partial charge >= 0.3 is 0 Å². The number of para-hydroxylation sites is 1. The molecule has 0 atom stereocenters. The number of fused-ring (bicyclic) bond motifs is 1. The second kappa shape index (κ2) is 11.4. The molecule has 0 unspecified atom stereocenters. The van der Waals surface area contributed by atoms with Crippen LogP contribution in [0.25, 0.3) is 21.9 Å². The molecule has 206 valence electrons. The summed E-state index contributed by atoms with van der Waals surface area (Å²) in [6, 6.07) is 15.6. The molecule has 0 aliphatic heterocycles. The van der Waals surface area contributed by atoms with Crippen LogP contribution in [0.15, 0.2) is 58.7 Å². The zero-order valence-corrected chi connectivity index (χ0v) is 24.0. The summed E-state index contributed by atoms with van der Waals surface area (Å²) in [6.45, 7) is 6.26. The van der Waals surface area contributed by atoms with Gasteiger partial charge in [-0.25, -0.2) is 9.67 Å². The van der Waals surface area contributed by atoms with Crippen LogP contribution in [0.3, 0.4) is 0 Å². The highest BCUT2D eigenvalue weighted by Gasteiger charge is 2.20. The lowest BCUT2D eigenvalue weighted by atomic mass is 10.1. The van der Waals surface area contributed by atoms with Crippen LogP contribution < -0.4 is 20.3 Å². The molecule has 0 bridgehead atoms. The van der Waals surface area contributed by atoms with Gasteiger partial charge in [0.25, 0.3) is 5.56 Å². The third-order valence-corrected chi connectivity index (χ3v) is 7.71. The van der Waals surface area contributed by atoms with Crippen LogP contribution >= 0.6 is 11.3 Å². The SMILES string of the molecule is COc1ccc(CCNC(=O)Cc2csc3nc(C)c(-c4cc(C)n(-c5ccccc5C)n4)c(=O)n23)cc1OC. The quantitative estimate of drug-likeness (QED) is 0.287. The van der Waals surface area contributed by atoms with Crippen molar-refractivity contribution in [2.75, 3.05) is 20.8 Å². The monoisotopic (exact) mass is 557 g/mol. The number of aromatic nitrogens is 4. The highest BCUT2D eigenvalue weighted by Crippen LogP contribution is 2.28. The molecular weight excluding hydrogens is 526 g/mol. The maximum Gasteiger partial charge on any atom is 0.268 e. The first-order valence-corrected chi connectivity index (χ1v) is 13.8. The van der Waals surface area contributed by atoms with E-state index in [1.165, 1.54) is 15.7 Å². The van der Waals surface area contributed by atoms with E-state index in [1.54, 1.807) is 14.2 Å². The summed E-state index contributed by atoms with van der Waals surface area (Å²) in [6.07, 6.45) is 0.691. The first kappa shape index (κ1) is 27.1. The van der Waals surface area contributed by atoms with E-state index >= 15 is 0 Å². The molecule has 0 aliphatic carbocycles. The number of carbonyl (C=O) groups is 1. The van der Waals surface area contributed by atoms with Gasteiger partial charge in [-0.2, -0.15) is 5.10 Å². The predicted molar refractivity (Wildman–Crippen MR) is 156 cm³/mol. The zero-order valence-electron chi connectivity index (χ0n) is 23.1. The largest absolute Gasteiger partial charge is 0.493 e. The zero-order chi connectivity index (χ0) is 28.4. The average Bonchev–Trinajstić information content (AvgIpc) is 3.51. The van der Waals surface area contributed by atoms with Crippen molar-refractivity contribution in [1.29, 1.82) is 0 Å². The lowest BCUT2D eigenvalue weighted by Crippen LogP contribution is -2.29. The number of methoxy groups -OCH3 is 2. The summed E-state index contributed by atoms with van der Waals surface area (Å²) in [5.41, 5.74) is 5.92. The Labute approximate surface area is 236 Å². The van der Waals surface area contributed by atoms with Crippen LogP contribution in [0.5, 0.6) is 11.5 Å². The summed E-state index contributed by atoms with van der Waals surface area (Å²) in [5.74, 6) is 1.13. The fourth-order valence-electron chi connectivity index (χ4n) is 4.78. The first-order chi connectivity index (χ1) is 19.3. The molecule has 1 N–H and O–H groups in total. The van der Waals surface area contributed by atoms with Gasteiger partial charge in [-0.15, -0.1) is 11.3 Å². The van der Waals surface area contributed by atoms with E-state index in [4.69, 9.17) is 14.6 Å². The van der Waals surface area contributed by atoms with Crippen molar-refractivity contribution >= 4 is 22.2 Å². The van der Waals surface area contributed by atoms with Gasteiger partial charge < -0.3 is 14.8 Å². The van der Waals surface area contributed by atoms with Gasteiger partial charge in [-0.1, -0.05) is 24.3 Å². The normalized spacial score (nSPS) is 11.1. The van der Waals surface area contributed by atoms with E-state index in [0.717, 1.165) is 22.5 Å². The van der Waals surface area contributed by atoms with E-state index in [-0.39, 0.29) is 17.9 Å². The number of ether oxygens (including phenoxy) is 2. The van der Waals surface area contributed by atoms with Crippen LogP contribution in [-0.4, -0.2) is 45.8 Å². The standard InChI is InChI=1S/C30H31N5O4S/c1-18-8-6-7-9-24(18)35-19(2)14-23(33-35)28-20(3)32-30-34(29(28)37)22(17-40-30)16-27(36)31-13-12-21-10-11-25(38-4)26(15-21)39-5/h6-11,14-15,17H,12-13,16H2,1-5H3,(H,31,36). The molecule has 2 aromatic carbocycles. The Balaban J connectivity index is 1.36. The molecule has 3 heterocycles. The Morgan fingerprint density at radius 3 is 2.55 bits per heavy atom. The number of aryl methyl sites for hydroxylation is 3. The number of amides is 1. The van der Waals surface area contributed by atoms with Crippen LogP contribution in [0.4, 0.5) is 0 Å². The average molecular weight is 558 g/mol. The Morgan fingerprint density at radius 1 is 1.02 bits per heavy atom. The highest BCUT2D eigenvalue weighted by molar-refractivity contribution is 7.15. The summed E-state index contributed by atoms with van der Waals surface area (Å²) in [4.78, 5) is 31.8. The lowest BCUT2D eigenvalue weighted by Gasteiger charge is -2.10. The summed E-state index contributed by atoms with van der Waals surface area (Å²) < 4.78 is 14.0. The smallest absolute Gasteiger partial charge is 0.268 e.